The molecule has 1 amide bonds. The number of amides is 1. The number of halogens is 1. The van der Waals surface area contributed by atoms with Gasteiger partial charge in [0.15, 0.2) is 0 Å². The highest BCUT2D eigenvalue weighted by Gasteiger charge is 2.18. The number of rotatable bonds is 8. The molecule has 0 aliphatic carbocycles. The van der Waals surface area contributed by atoms with Gasteiger partial charge < -0.3 is 15.2 Å². The van der Waals surface area contributed by atoms with Crippen molar-refractivity contribution in [3.63, 3.8) is 0 Å². The third kappa shape index (κ3) is 7.24. The predicted octanol–water partition coefficient (Wildman–Crippen LogP) is 2.90. The molecule has 5 nitrogen and oxygen atoms in total. The zero-order valence-electron chi connectivity index (χ0n) is 12.1. The van der Waals surface area contributed by atoms with E-state index in [9.17, 15) is 9.59 Å². The van der Waals surface area contributed by atoms with Gasteiger partial charge in [-0.25, -0.2) is 0 Å². The largest absolute Gasteiger partial charge is 0.481 e. The van der Waals surface area contributed by atoms with Gasteiger partial charge in [-0.3, -0.25) is 9.59 Å². The SMILES string of the molecule is CC(C)OCCC(=O)NC(CC(=O)O)c1ccc(Br)cc1. The van der Waals surface area contributed by atoms with Gasteiger partial charge in [0.25, 0.3) is 0 Å². The number of carboxylic acids is 1. The summed E-state index contributed by atoms with van der Waals surface area (Å²) in [6.07, 6.45) is 0.127. The lowest BCUT2D eigenvalue weighted by molar-refractivity contribution is -0.137. The Morgan fingerprint density at radius 3 is 2.43 bits per heavy atom. The molecule has 0 bridgehead atoms. The topological polar surface area (TPSA) is 75.6 Å². The summed E-state index contributed by atoms with van der Waals surface area (Å²) < 4.78 is 6.21. The van der Waals surface area contributed by atoms with Gasteiger partial charge in [-0.1, -0.05) is 28.1 Å². The van der Waals surface area contributed by atoms with E-state index in [2.05, 4.69) is 21.2 Å². The minimum Gasteiger partial charge on any atom is -0.481 e. The third-order valence-corrected chi connectivity index (χ3v) is 3.30. The van der Waals surface area contributed by atoms with E-state index in [1.165, 1.54) is 0 Å². The Balaban J connectivity index is 2.63. The molecule has 0 heterocycles. The van der Waals surface area contributed by atoms with E-state index in [0.717, 1.165) is 10.0 Å². The average molecular weight is 358 g/mol. The summed E-state index contributed by atoms with van der Waals surface area (Å²) in [5.74, 6) is -1.17. The van der Waals surface area contributed by atoms with Crippen molar-refractivity contribution in [1.29, 1.82) is 0 Å². The number of nitrogens with one attached hydrogen (secondary N) is 1. The highest BCUT2D eigenvalue weighted by molar-refractivity contribution is 9.10. The second-order valence-electron chi connectivity index (χ2n) is 4.94. The van der Waals surface area contributed by atoms with Crippen LogP contribution in [-0.2, 0) is 14.3 Å². The molecule has 1 aromatic rings. The van der Waals surface area contributed by atoms with Gasteiger partial charge in [0, 0.05) is 10.9 Å². The molecule has 0 radical (unpaired) electrons. The van der Waals surface area contributed by atoms with Crippen LogP contribution in [-0.4, -0.2) is 29.7 Å². The first-order valence-corrected chi connectivity index (χ1v) is 7.56. The fraction of sp³-hybridized carbons (Fsp3) is 0.467. The summed E-state index contributed by atoms with van der Waals surface area (Å²) in [5, 5.41) is 11.7. The summed E-state index contributed by atoms with van der Waals surface area (Å²) in [4.78, 5) is 22.8. The molecule has 0 spiro atoms. The van der Waals surface area contributed by atoms with E-state index < -0.39 is 12.0 Å². The van der Waals surface area contributed by atoms with Crippen molar-refractivity contribution in [2.24, 2.45) is 0 Å². The maximum Gasteiger partial charge on any atom is 0.305 e. The lowest BCUT2D eigenvalue weighted by atomic mass is 10.0. The molecule has 0 aliphatic rings. The Morgan fingerprint density at radius 2 is 1.90 bits per heavy atom. The van der Waals surface area contributed by atoms with Crippen LogP contribution in [0.4, 0.5) is 0 Å². The maximum absolute atomic E-state index is 11.9. The summed E-state index contributed by atoms with van der Waals surface area (Å²) in [5.41, 5.74) is 0.763. The van der Waals surface area contributed by atoms with Crippen LogP contribution < -0.4 is 5.32 Å². The number of hydrogen-bond acceptors (Lipinski definition) is 3. The molecule has 0 aliphatic heterocycles. The number of aliphatic carboxylic acids is 1. The zero-order valence-corrected chi connectivity index (χ0v) is 13.7. The molecule has 2 N–H and O–H groups in total. The van der Waals surface area contributed by atoms with E-state index in [4.69, 9.17) is 9.84 Å². The molecule has 1 rings (SSSR count). The van der Waals surface area contributed by atoms with Crippen LogP contribution in [0.5, 0.6) is 0 Å². The Kier molecular flexibility index (Phi) is 7.39. The fourth-order valence-electron chi connectivity index (χ4n) is 1.78. The first-order chi connectivity index (χ1) is 9.88. The average Bonchev–Trinajstić information content (AvgIpc) is 2.37. The molecule has 0 fully saturated rings. The quantitative estimate of drug-likeness (QED) is 0.749. The summed E-state index contributed by atoms with van der Waals surface area (Å²) in [6, 6.07) is 6.68. The Labute approximate surface area is 132 Å². The van der Waals surface area contributed by atoms with Crippen molar-refractivity contribution < 1.29 is 19.4 Å². The summed E-state index contributed by atoms with van der Waals surface area (Å²) in [6.45, 7) is 4.11. The lowest BCUT2D eigenvalue weighted by Crippen LogP contribution is -2.31. The highest BCUT2D eigenvalue weighted by Crippen LogP contribution is 2.20. The molecule has 1 aromatic carbocycles. The van der Waals surface area contributed by atoms with Crippen molar-refractivity contribution in [3.05, 3.63) is 34.3 Å². The monoisotopic (exact) mass is 357 g/mol. The molecule has 116 valence electrons. The van der Waals surface area contributed by atoms with E-state index >= 15 is 0 Å². The number of carbonyl (C=O) groups excluding carboxylic acids is 1. The minimum atomic E-state index is -0.957. The van der Waals surface area contributed by atoms with Crippen LogP contribution in [0, 0.1) is 0 Å². The van der Waals surface area contributed by atoms with E-state index in [0.29, 0.717) is 6.61 Å². The van der Waals surface area contributed by atoms with Crippen LogP contribution in [0.2, 0.25) is 0 Å². The number of carboxylic acid groups (broad SMARTS) is 1. The molecule has 0 saturated carbocycles. The van der Waals surface area contributed by atoms with Crippen LogP contribution in [0.1, 0.15) is 38.3 Å². The first-order valence-electron chi connectivity index (χ1n) is 6.76. The Hall–Kier alpha value is -1.40. The normalized spacial score (nSPS) is 12.2. The molecule has 0 saturated heterocycles. The maximum atomic E-state index is 11.9. The van der Waals surface area contributed by atoms with E-state index in [-0.39, 0.29) is 24.9 Å². The number of hydrogen-bond donors (Lipinski definition) is 2. The molecule has 1 unspecified atom stereocenters. The number of carbonyl (C=O) groups is 2. The smallest absolute Gasteiger partial charge is 0.305 e. The summed E-state index contributed by atoms with van der Waals surface area (Å²) >= 11 is 3.32. The number of ether oxygens (including phenoxy) is 1. The minimum absolute atomic E-state index is 0.0686. The van der Waals surface area contributed by atoms with Crippen molar-refractivity contribution in [2.75, 3.05) is 6.61 Å². The van der Waals surface area contributed by atoms with Gasteiger partial charge in [0.2, 0.25) is 5.91 Å². The molecule has 0 aromatic heterocycles. The molecule has 6 heteroatoms. The summed E-state index contributed by atoms with van der Waals surface area (Å²) in [7, 11) is 0. The predicted molar refractivity (Wildman–Crippen MR) is 83.0 cm³/mol. The number of benzene rings is 1. The zero-order chi connectivity index (χ0) is 15.8. The van der Waals surface area contributed by atoms with Gasteiger partial charge in [-0.15, -0.1) is 0 Å². The van der Waals surface area contributed by atoms with Gasteiger partial charge in [-0.2, -0.15) is 0 Å². The van der Waals surface area contributed by atoms with Crippen LogP contribution >= 0.6 is 15.9 Å². The first kappa shape index (κ1) is 17.7. The molecular formula is C15H20BrNO4. The van der Waals surface area contributed by atoms with Crippen LogP contribution in [0.15, 0.2) is 28.7 Å². The van der Waals surface area contributed by atoms with Crippen LogP contribution in [0.3, 0.4) is 0 Å². The molecular weight excluding hydrogens is 338 g/mol. The van der Waals surface area contributed by atoms with Crippen molar-refractivity contribution in [1.82, 2.24) is 5.32 Å². The van der Waals surface area contributed by atoms with Gasteiger partial charge in [0.1, 0.15) is 0 Å². The van der Waals surface area contributed by atoms with Crippen LogP contribution in [0.25, 0.3) is 0 Å². The van der Waals surface area contributed by atoms with Crippen molar-refractivity contribution in [2.45, 2.75) is 38.8 Å². The second kappa shape index (κ2) is 8.79. The lowest BCUT2D eigenvalue weighted by Gasteiger charge is -2.18. The third-order valence-electron chi connectivity index (χ3n) is 2.77. The van der Waals surface area contributed by atoms with E-state index in [1.807, 2.05) is 26.0 Å². The standard InChI is InChI=1S/C15H20BrNO4/c1-10(2)21-8-7-14(18)17-13(9-15(19)20)11-3-5-12(16)6-4-11/h3-6,10,13H,7-9H2,1-2H3,(H,17,18)(H,19,20). The Morgan fingerprint density at radius 1 is 1.29 bits per heavy atom. The molecule has 21 heavy (non-hydrogen) atoms. The van der Waals surface area contributed by atoms with Gasteiger partial charge in [0.05, 0.1) is 25.2 Å². The van der Waals surface area contributed by atoms with Gasteiger partial charge in [-0.05, 0) is 31.5 Å². The highest BCUT2D eigenvalue weighted by atomic mass is 79.9. The van der Waals surface area contributed by atoms with Crippen molar-refractivity contribution >= 4 is 27.8 Å². The molecule has 1 atom stereocenters. The van der Waals surface area contributed by atoms with Gasteiger partial charge >= 0.3 is 5.97 Å². The fourth-order valence-corrected chi connectivity index (χ4v) is 2.04. The van der Waals surface area contributed by atoms with E-state index in [1.54, 1.807) is 12.1 Å². The second-order valence-corrected chi connectivity index (χ2v) is 5.85. The Bertz CT molecular complexity index is 473. The van der Waals surface area contributed by atoms with Crippen molar-refractivity contribution in [3.8, 4) is 0 Å².